The number of hydrogen-bond donors (Lipinski definition) is 1. The summed E-state index contributed by atoms with van der Waals surface area (Å²) in [7, 11) is 0. The first-order chi connectivity index (χ1) is 11.4. The van der Waals surface area contributed by atoms with Crippen LogP contribution in [0.15, 0.2) is 18.2 Å². The molecule has 1 amide bonds. The van der Waals surface area contributed by atoms with Gasteiger partial charge in [-0.15, -0.1) is 0 Å². The molecule has 2 N–H and O–H groups in total. The van der Waals surface area contributed by atoms with E-state index >= 15 is 0 Å². The number of anilines is 2. The number of rotatable bonds is 1. The van der Waals surface area contributed by atoms with Crippen molar-refractivity contribution in [2.75, 3.05) is 30.3 Å². The van der Waals surface area contributed by atoms with Crippen molar-refractivity contribution >= 4 is 17.5 Å². The highest BCUT2D eigenvalue weighted by molar-refractivity contribution is 5.69. The Bertz CT molecular complexity index is 641. The Balaban J connectivity index is 2.13. The summed E-state index contributed by atoms with van der Waals surface area (Å²) in [5.74, 6) is 0. The van der Waals surface area contributed by atoms with E-state index < -0.39 is 23.4 Å². The molecule has 0 aromatic heterocycles. The van der Waals surface area contributed by atoms with Gasteiger partial charge in [0.2, 0.25) is 0 Å². The number of hydrogen-bond acceptors (Lipinski definition) is 4. The van der Waals surface area contributed by atoms with Gasteiger partial charge >= 0.3 is 12.3 Å². The van der Waals surface area contributed by atoms with Crippen molar-refractivity contribution in [2.24, 2.45) is 0 Å². The Labute approximate surface area is 145 Å². The second-order valence-corrected chi connectivity index (χ2v) is 7.28. The summed E-state index contributed by atoms with van der Waals surface area (Å²) in [5, 5.41) is 0. The molecular formula is C17H24F3N3O2. The van der Waals surface area contributed by atoms with Crippen molar-refractivity contribution in [3.05, 3.63) is 23.8 Å². The smallest absolute Gasteiger partial charge is 0.416 e. The molecule has 1 aliphatic rings. The highest BCUT2D eigenvalue weighted by atomic mass is 19.4. The highest BCUT2D eigenvalue weighted by Gasteiger charge is 2.34. The van der Waals surface area contributed by atoms with Crippen molar-refractivity contribution in [1.82, 2.24) is 4.90 Å². The van der Waals surface area contributed by atoms with Gasteiger partial charge in [-0.25, -0.2) is 4.79 Å². The van der Waals surface area contributed by atoms with E-state index in [-0.39, 0.29) is 11.7 Å². The molecular weight excluding hydrogens is 335 g/mol. The minimum atomic E-state index is -4.45. The third-order valence-electron chi connectivity index (χ3n) is 3.89. The molecule has 1 aromatic carbocycles. The molecule has 140 valence electrons. The lowest BCUT2D eigenvalue weighted by atomic mass is 10.1. The Kier molecular flexibility index (Phi) is 5.11. The van der Waals surface area contributed by atoms with Gasteiger partial charge in [0.1, 0.15) is 5.60 Å². The summed E-state index contributed by atoms with van der Waals surface area (Å²) in [6.45, 7) is 8.38. The maximum absolute atomic E-state index is 13.0. The van der Waals surface area contributed by atoms with E-state index in [1.165, 1.54) is 6.07 Å². The van der Waals surface area contributed by atoms with Crippen LogP contribution < -0.4 is 10.6 Å². The molecule has 1 aliphatic heterocycles. The largest absolute Gasteiger partial charge is 0.444 e. The Morgan fingerprint density at radius 2 is 1.84 bits per heavy atom. The molecule has 1 heterocycles. The van der Waals surface area contributed by atoms with Gasteiger partial charge in [0, 0.05) is 37.1 Å². The van der Waals surface area contributed by atoms with E-state index in [2.05, 4.69) is 0 Å². The summed E-state index contributed by atoms with van der Waals surface area (Å²) in [4.78, 5) is 15.6. The topological polar surface area (TPSA) is 58.8 Å². The zero-order valence-corrected chi connectivity index (χ0v) is 14.9. The Morgan fingerprint density at radius 1 is 1.20 bits per heavy atom. The lowest BCUT2D eigenvalue weighted by Crippen LogP contribution is -2.55. The predicted molar refractivity (Wildman–Crippen MR) is 90.5 cm³/mol. The monoisotopic (exact) mass is 359 g/mol. The molecule has 0 radical (unpaired) electrons. The fourth-order valence-electron chi connectivity index (χ4n) is 2.76. The number of ether oxygens (including phenoxy) is 1. The maximum Gasteiger partial charge on any atom is 0.416 e. The van der Waals surface area contributed by atoms with Crippen LogP contribution >= 0.6 is 0 Å². The van der Waals surface area contributed by atoms with Crippen molar-refractivity contribution < 1.29 is 22.7 Å². The van der Waals surface area contributed by atoms with Crippen LogP contribution in [-0.2, 0) is 10.9 Å². The average molecular weight is 359 g/mol. The second-order valence-electron chi connectivity index (χ2n) is 7.28. The maximum atomic E-state index is 13.0. The third-order valence-corrected chi connectivity index (χ3v) is 3.89. The van der Waals surface area contributed by atoms with Crippen LogP contribution in [0.4, 0.5) is 29.3 Å². The molecule has 0 saturated carbocycles. The molecule has 2 rings (SSSR count). The van der Waals surface area contributed by atoms with Gasteiger partial charge in [-0.05, 0) is 45.9 Å². The molecule has 1 atom stereocenters. The molecule has 1 unspecified atom stereocenters. The van der Waals surface area contributed by atoms with Crippen LogP contribution in [0.2, 0.25) is 0 Å². The van der Waals surface area contributed by atoms with Gasteiger partial charge in [0.15, 0.2) is 0 Å². The van der Waals surface area contributed by atoms with E-state index in [9.17, 15) is 18.0 Å². The number of alkyl halides is 3. The van der Waals surface area contributed by atoms with E-state index in [1.807, 2.05) is 6.92 Å². The van der Waals surface area contributed by atoms with Crippen molar-refractivity contribution in [1.29, 1.82) is 0 Å². The molecule has 0 spiro atoms. The number of halogens is 3. The second kappa shape index (κ2) is 6.65. The number of benzene rings is 1. The SMILES string of the molecule is CC1CN(c2cc(N)cc(C(F)(F)F)c2)CCN1C(=O)OC(C)(C)C. The molecule has 25 heavy (non-hydrogen) atoms. The van der Waals surface area contributed by atoms with Crippen molar-refractivity contribution in [2.45, 2.75) is 45.5 Å². The van der Waals surface area contributed by atoms with Gasteiger partial charge in [-0.1, -0.05) is 0 Å². The molecule has 0 bridgehead atoms. The summed E-state index contributed by atoms with van der Waals surface area (Å²) < 4.78 is 44.3. The summed E-state index contributed by atoms with van der Waals surface area (Å²) in [6, 6.07) is 3.33. The van der Waals surface area contributed by atoms with Crippen LogP contribution in [0.5, 0.6) is 0 Å². The van der Waals surface area contributed by atoms with Gasteiger partial charge < -0.3 is 20.3 Å². The standard InChI is InChI=1S/C17H24F3N3O2/c1-11-10-22(5-6-23(11)15(24)25-16(2,3)4)14-8-12(17(18,19)20)7-13(21)9-14/h7-9,11H,5-6,10,21H2,1-4H3. The lowest BCUT2D eigenvalue weighted by Gasteiger charge is -2.41. The first kappa shape index (κ1) is 19.2. The molecule has 0 aliphatic carbocycles. The number of carbonyl (C=O) groups excluding carboxylic acids is 1. The van der Waals surface area contributed by atoms with Crippen LogP contribution in [0, 0.1) is 0 Å². The fourth-order valence-corrected chi connectivity index (χ4v) is 2.76. The van der Waals surface area contributed by atoms with Gasteiger partial charge in [0.05, 0.1) is 5.56 Å². The fraction of sp³-hybridized carbons (Fsp3) is 0.588. The number of nitrogen functional groups attached to an aromatic ring is 1. The average Bonchev–Trinajstić information content (AvgIpc) is 2.43. The summed E-state index contributed by atoms with van der Waals surface area (Å²) in [5.41, 5.74) is 4.73. The number of piperazine rings is 1. The molecule has 1 aromatic rings. The van der Waals surface area contributed by atoms with Crippen molar-refractivity contribution in [3.8, 4) is 0 Å². The molecule has 8 heteroatoms. The first-order valence-corrected chi connectivity index (χ1v) is 8.09. The minimum Gasteiger partial charge on any atom is -0.444 e. The van der Waals surface area contributed by atoms with Gasteiger partial charge in [-0.3, -0.25) is 0 Å². The molecule has 1 fully saturated rings. The highest BCUT2D eigenvalue weighted by Crippen LogP contribution is 2.34. The van der Waals surface area contributed by atoms with Gasteiger partial charge in [0.25, 0.3) is 0 Å². The van der Waals surface area contributed by atoms with Crippen LogP contribution in [-0.4, -0.2) is 42.3 Å². The number of nitrogens with zero attached hydrogens (tertiary/aromatic N) is 2. The van der Waals surface area contributed by atoms with E-state index in [0.717, 1.165) is 12.1 Å². The van der Waals surface area contributed by atoms with Crippen LogP contribution in [0.3, 0.4) is 0 Å². The summed E-state index contributed by atoms with van der Waals surface area (Å²) >= 11 is 0. The van der Waals surface area contributed by atoms with Crippen LogP contribution in [0.1, 0.15) is 33.3 Å². The first-order valence-electron chi connectivity index (χ1n) is 8.09. The van der Waals surface area contributed by atoms with Gasteiger partial charge in [-0.2, -0.15) is 13.2 Å². The molecule has 5 nitrogen and oxygen atoms in total. The summed E-state index contributed by atoms with van der Waals surface area (Å²) in [6.07, 6.45) is -4.86. The van der Waals surface area contributed by atoms with E-state index in [4.69, 9.17) is 10.5 Å². The number of amides is 1. The van der Waals surface area contributed by atoms with Crippen molar-refractivity contribution in [3.63, 3.8) is 0 Å². The van der Waals surface area contributed by atoms with E-state index in [0.29, 0.717) is 25.3 Å². The predicted octanol–water partition coefficient (Wildman–Crippen LogP) is 3.73. The number of carbonyl (C=O) groups is 1. The lowest BCUT2D eigenvalue weighted by molar-refractivity contribution is -0.137. The third kappa shape index (κ3) is 4.93. The zero-order chi connectivity index (χ0) is 19.0. The molecule has 1 saturated heterocycles. The quantitative estimate of drug-likeness (QED) is 0.776. The van der Waals surface area contributed by atoms with Crippen LogP contribution in [0.25, 0.3) is 0 Å². The Hall–Kier alpha value is -2.12. The Morgan fingerprint density at radius 3 is 2.36 bits per heavy atom. The normalized spacial score (nSPS) is 19.1. The number of nitrogens with two attached hydrogens (primary N) is 1. The van der Waals surface area contributed by atoms with E-state index in [1.54, 1.807) is 30.6 Å². The zero-order valence-electron chi connectivity index (χ0n) is 14.9. The minimum absolute atomic E-state index is 0.0621.